The minimum absolute atomic E-state index is 0.177. The number of hydrogen-bond donors (Lipinski definition) is 0. The minimum Gasteiger partial charge on any atom is -0.298 e. The summed E-state index contributed by atoms with van der Waals surface area (Å²) >= 11 is 8.86. The molecule has 0 unspecified atom stereocenters. The highest BCUT2D eigenvalue weighted by Gasteiger charge is 2.14. The first-order valence-corrected chi connectivity index (χ1v) is 7.71. The molecule has 0 N–H and O–H groups in total. The zero-order valence-corrected chi connectivity index (χ0v) is 12.7. The minimum atomic E-state index is 0.177. The first kappa shape index (κ1) is 13.5. The summed E-state index contributed by atoms with van der Waals surface area (Å²) in [5, 5.41) is 0.715. The fraction of sp³-hybridized carbons (Fsp3) is 0.0769. The number of carbonyl (C=O) groups excluding carboxylic acids is 1. The second-order valence-corrected chi connectivity index (χ2v) is 6.57. The van der Waals surface area contributed by atoms with Crippen LogP contribution in [-0.2, 0) is 0 Å². The van der Waals surface area contributed by atoms with Crippen molar-refractivity contribution in [1.82, 2.24) is 15.0 Å². The molecule has 0 radical (unpaired) electrons. The lowest BCUT2D eigenvalue weighted by molar-refractivity contribution is 0.112. The van der Waals surface area contributed by atoms with E-state index in [0.29, 0.717) is 22.7 Å². The van der Waals surface area contributed by atoms with Gasteiger partial charge in [0.2, 0.25) is 0 Å². The van der Waals surface area contributed by atoms with Crippen molar-refractivity contribution in [2.45, 2.75) is 16.3 Å². The first-order valence-electron chi connectivity index (χ1n) is 5.70. The van der Waals surface area contributed by atoms with Gasteiger partial charge < -0.3 is 0 Å². The van der Waals surface area contributed by atoms with E-state index in [1.165, 1.54) is 11.8 Å². The summed E-state index contributed by atoms with van der Waals surface area (Å²) in [6.45, 7) is 1.74. The van der Waals surface area contributed by atoms with Crippen LogP contribution < -0.4 is 0 Å². The van der Waals surface area contributed by atoms with Gasteiger partial charge in [-0.2, -0.15) is 0 Å². The topological polar surface area (TPSA) is 55.7 Å². The van der Waals surface area contributed by atoms with Gasteiger partial charge in [-0.1, -0.05) is 23.7 Å². The summed E-state index contributed by atoms with van der Waals surface area (Å²) < 4.78 is 1.92. The SMILES string of the molecule is Cc1nc(Cl)c(C=O)c(Sc2nc3ccccc3s2)n1. The Morgan fingerprint density at radius 3 is 2.80 bits per heavy atom. The van der Waals surface area contributed by atoms with E-state index in [-0.39, 0.29) is 5.15 Å². The molecule has 20 heavy (non-hydrogen) atoms. The standard InChI is InChI=1S/C13H8ClN3OS2/c1-7-15-11(14)8(6-18)12(16-7)20-13-17-9-4-2-3-5-10(9)19-13/h2-6H,1H3. The molecule has 0 atom stereocenters. The van der Waals surface area contributed by atoms with Crippen LogP contribution in [0.4, 0.5) is 0 Å². The number of nitrogens with zero attached hydrogens (tertiary/aromatic N) is 3. The normalized spacial score (nSPS) is 10.9. The molecule has 3 aromatic rings. The second kappa shape index (κ2) is 5.47. The van der Waals surface area contributed by atoms with Crippen LogP contribution in [0.2, 0.25) is 5.15 Å². The Hall–Kier alpha value is -1.50. The van der Waals surface area contributed by atoms with Gasteiger partial charge in [-0.3, -0.25) is 4.79 Å². The third-order valence-electron chi connectivity index (χ3n) is 2.55. The average Bonchev–Trinajstić information content (AvgIpc) is 2.80. The molecule has 0 bridgehead atoms. The average molecular weight is 322 g/mol. The van der Waals surface area contributed by atoms with E-state index in [1.54, 1.807) is 18.3 Å². The molecule has 2 aromatic heterocycles. The highest BCUT2D eigenvalue weighted by atomic mass is 35.5. The smallest absolute Gasteiger partial charge is 0.157 e. The lowest BCUT2D eigenvalue weighted by Crippen LogP contribution is -1.97. The van der Waals surface area contributed by atoms with E-state index in [1.807, 2.05) is 24.3 Å². The van der Waals surface area contributed by atoms with E-state index in [2.05, 4.69) is 15.0 Å². The molecule has 0 spiro atoms. The second-order valence-electron chi connectivity index (χ2n) is 3.95. The summed E-state index contributed by atoms with van der Waals surface area (Å²) in [6.07, 6.45) is 0.678. The number of halogens is 1. The molecule has 100 valence electrons. The molecule has 0 amide bonds. The zero-order chi connectivity index (χ0) is 14.1. The number of para-hydroxylation sites is 1. The quantitative estimate of drug-likeness (QED) is 0.539. The molecule has 0 fully saturated rings. The molecule has 1 aromatic carbocycles. The highest BCUT2D eigenvalue weighted by molar-refractivity contribution is 8.01. The Labute approximate surface area is 128 Å². The van der Waals surface area contributed by atoms with Gasteiger partial charge in [0, 0.05) is 0 Å². The number of carbonyl (C=O) groups is 1. The van der Waals surface area contributed by atoms with Gasteiger partial charge in [0.25, 0.3) is 0 Å². The number of rotatable bonds is 3. The molecule has 0 aliphatic carbocycles. The molecule has 0 saturated carbocycles. The number of aryl methyl sites for hydroxylation is 1. The van der Waals surface area contributed by atoms with Gasteiger partial charge in [-0.05, 0) is 30.8 Å². The lowest BCUT2D eigenvalue weighted by Gasteiger charge is -2.03. The highest BCUT2D eigenvalue weighted by Crippen LogP contribution is 2.35. The largest absolute Gasteiger partial charge is 0.298 e. The molecule has 4 nitrogen and oxygen atoms in total. The van der Waals surface area contributed by atoms with Crippen LogP contribution in [-0.4, -0.2) is 21.2 Å². The van der Waals surface area contributed by atoms with E-state index in [4.69, 9.17) is 11.6 Å². The van der Waals surface area contributed by atoms with E-state index < -0.39 is 0 Å². The Kier molecular flexibility index (Phi) is 3.69. The lowest BCUT2D eigenvalue weighted by atomic mass is 10.3. The van der Waals surface area contributed by atoms with Gasteiger partial charge in [-0.15, -0.1) is 11.3 Å². The molecule has 7 heteroatoms. The third-order valence-corrected chi connectivity index (χ3v) is 4.94. The Balaban J connectivity index is 2.04. The molecule has 0 aliphatic rings. The Bertz CT molecular complexity index is 770. The number of benzene rings is 1. The van der Waals surface area contributed by atoms with Crippen LogP contribution in [0.3, 0.4) is 0 Å². The molecule has 2 heterocycles. The van der Waals surface area contributed by atoms with Crippen LogP contribution in [0.5, 0.6) is 0 Å². The van der Waals surface area contributed by atoms with Gasteiger partial charge >= 0.3 is 0 Å². The van der Waals surface area contributed by atoms with Crippen molar-refractivity contribution in [3.63, 3.8) is 0 Å². The molecule has 0 saturated heterocycles. The fourth-order valence-electron chi connectivity index (χ4n) is 1.68. The molecule has 3 rings (SSSR count). The predicted octanol–water partition coefficient (Wildman–Crippen LogP) is 4.01. The van der Waals surface area contributed by atoms with E-state index in [9.17, 15) is 4.79 Å². The van der Waals surface area contributed by atoms with Crippen LogP contribution >= 0.6 is 34.7 Å². The van der Waals surface area contributed by atoms with Gasteiger partial charge in [0.15, 0.2) is 10.6 Å². The first-order chi connectivity index (χ1) is 9.67. The Morgan fingerprint density at radius 1 is 1.25 bits per heavy atom. The maximum atomic E-state index is 11.1. The number of thiazole rings is 1. The van der Waals surface area contributed by atoms with Crippen molar-refractivity contribution < 1.29 is 4.79 Å². The summed E-state index contributed by atoms with van der Waals surface area (Å²) in [7, 11) is 0. The monoisotopic (exact) mass is 321 g/mol. The molecular formula is C13H8ClN3OS2. The number of hydrogen-bond acceptors (Lipinski definition) is 6. The van der Waals surface area contributed by atoms with Crippen molar-refractivity contribution >= 4 is 51.2 Å². The fourth-order valence-corrected chi connectivity index (χ4v) is 4.10. The number of fused-ring (bicyclic) bond motifs is 1. The third kappa shape index (κ3) is 2.54. The molecule has 0 aliphatic heterocycles. The van der Waals surface area contributed by atoms with Crippen LogP contribution in [0.1, 0.15) is 16.2 Å². The maximum absolute atomic E-state index is 11.1. The summed E-state index contributed by atoms with van der Waals surface area (Å²) in [6, 6.07) is 7.88. The number of aromatic nitrogens is 3. The van der Waals surface area contributed by atoms with Gasteiger partial charge in [0.05, 0.1) is 15.8 Å². The van der Waals surface area contributed by atoms with Crippen molar-refractivity contribution in [3.8, 4) is 0 Å². The van der Waals surface area contributed by atoms with E-state index >= 15 is 0 Å². The van der Waals surface area contributed by atoms with Crippen molar-refractivity contribution in [3.05, 3.63) is 40.8 Å². The van der Waals surface area contributed by atoms with Crippen LogP contribution in [0.25, 0.3) is 10.2 Å². The summed E-state index contributed by atoms with van der Waals surface area (Å²) in [4.78, 5) is 23.9. The number of aldehydes is 1. The van der Waals surface area contributed by atoms with Crippen molar-refractivity contribution in [1.29, 1.82) is 0 Å². The maximum Gasteiger partial charge on any atom is 0.157 e. The van der Waals surface area contributed by atoms with Crippen LogP contribution in [0, 0.1) is 6.92 Å². The van der Waals surface area contributed by atoms with Crippen molar-refractivity contribution in [2.75, 3.05) is 0 Å². The molecular weight excluding hydrogens is 314 g/mol. The zero-order valence-electron chi connectivity index (χ0n) is 10.3. The van der Waals surface area contributed by atoms with Gasteiger partial charge in [-0.25, -0.2) is 15.0 Å². The predicted molar refractivity (Wildman–Crippen MR) is 80.9 cm³/mol. The van der Waals surface area contributed by atoms with E-state index in [0.717, 1.165) is 14.6 Å². The van der Waals surface area contributed by atoms with Gasteiger partial charge in [0.1, 0.15) is 16.0 Å². The summed E-state index contributed by atoms with van der Waals surface area (Å²) in [5.74, 6) is 0.532. The summed E-state index contributed by atoms with van der Waals surface area (Å²) in [5.41, 5.74) is 1.24. The van der Waals surface area contributed by atoms with Crippen LogP contribution in [0.15, 0.2) is 33.6 Å². The van der Waals surface area contributed by atoms with Crippen molar-refractivity contribution in [2.24, 2.45) is 0 Å². The Morgan fingerprint density at radius 2 is 2.05 bits per heavy atom.